The summed E-state index contributed by atoms with van der Waals surface area (Å²) in [5.74, 6) is 0.238. The summed E-state index contributed by atoms with van der Waals surface area (Å²) in [6, 6.07) is 0.227. The molecule has 0 spiro atoms. The number of rotatable bonds is 2. The molecule has 0 radical (unpaired) electrons. The van der Waals surface area contributed by atoms with Crippen LogP contribution in [0.2, 0.25) is 0 Å². The lowest BCUT2D eigenvalue weighted by Gasteiger charge is -2.12. The molecule has 0 saturated heterocycles. The highest BCUT2D eigenvalue weighted by Gasteiger charge is 2.21. The number of allylic oxidation sites excluding steroid dienone is 1. The fourth-order valence-electron chi connectivity index (χ4n) is 2.22. The number of hydrogen-bond acceptors (Lipinski definition) is 4. The first-order chi connectivity index (χ1) is 8.29. The van der Waals surface area contributed by atoms with E-state index in [1.54, 1.807) is 12.7 Å². The zero-order valence-corrected chi connectivity index (χ0v) is 9.89. The third-order valence-electron chi connectivity index (χ3n) is 3.12. The van der Waals surface area contributed by atoms with E-state index in [4.69, 9.17) is 17.3 Å². The van der Waals surface area contributed by atoms with E-state index < -0.39 is 0 Å². The van der Waals surface area contributed by atoms with Crippen LogP contribution >= 0.6 is 12.2 Å². The minimum absolute atomic E-state index is 0.192. The smallest absolute Gasteiger partial charge is 0.157 e. The summed E-state index contributed by atoms with van der Waals surface area (Å²) in [5.41, 5.74) is 1.61. The van der Waals surface area contributed by atoms with Crippen LogP contribution < -0.4 is 0 Å². The van der Waals surface area contributed by atoms with E-state index in [9.17, 15) is 0 Å². The summed E-state index contributed by atoms with van der Waals surface area (Å²) >= 11 is 5.12. The van der Waals surface area contributed by atoms with Crippen molar-refractivity contribution in [1.82, 2.24) is 19.5 Å². The van der Waals surface area contributed by atoms with Gasteiger partial charge < -0.3 is 14.7 Å². The van der Waals surface area contributed by atoms with Gasteiger partial charge in [0.1, 0.15) is 11.2 Å². The molecule has 0 aliphatic heterocycles. The van der Waals surface area contributed by atoms with Gasteiger partial charge in [-0.1, -0.05) is 24.4 Å². The first-order valence-electron chi connectivity index (χ1n) is 5.49. The quantitative estimate of drug-likeness (QED) is 0.625. The van der Waals surface area contributed by atoms with Gasteiger partial charge in [-0.25, -0.2) is 9.97 Å². The Bertz CT molecular complexity index is 630. The molecule has 0 unspecified atom stereocenters. The van der Waals surface area contributed by atoms with Gasteiger partial charge in [-0.15, -0.1) is 0 Å². The molecule has 2 aromatic heterocycles. The summed E-state index contributed by atoms with van der Waals surface area (Å²) in [4.78, 5) is 11.4. The van der Waals surface area contributed by atoms with Crippen molar-refractivity contribution in [2.45, 2.75) is 12.5 Å². The molecular weight excluding hydrogens is 236 g/mol. The Morgan fingerprint density at radius 3 is 3.12 bits per heavy atom. The SMILES string of the molecule is OC[C@@H]1C=C[C@H](n2cnc3c(=S)nc[nH]c32)C1. The number of aromatic amines is 1. The van der Waals surface area contributed by atoms with Gasteiger partial charge in [0.2, 0.25) is 0 Å². The van der Waals surface area contributed by atoms with Crippen molar-refractivity contribution in [1.29, 1.82) is 0 Å². The molecule has 2 heterocycles. The number of aliphatic hydroxyl groups excluding tert-OH is 1. The molecule has 0 bridgehead atoms. The summed E-state index contributed by atoms with van der Waals surface area (Å²) in [6.07, 6.45) is 8.40. The molecule has 88 valence electrons. The summed E-state index contributed by atoms with van der Waals surface area (Å²) in [6.45, 7) is 0.192. The van der Waals surface area contributed by atoms with Gasteiger partial charge in [0.25, 0.3) is 0 Å². The largest absolute Gasteiger partial charge is 0.396 e. The Kier molecular flexibility index (Phi) is 2.53. The van der Waals surface area contributed by atoms with E-state index in [2.05, 4.69) is 21.0 Å². The Morgan fingerprint density at radius 2 is 2.35 bits per heavy atom. The van der Waals surface area contributed by atoms with Crippen LogP contribution in [0.25, 0.3) is 11.2 Å². The molecule has 0 saturated carbocycles. The minimum atomic E-state index is 0.192. The van der Waals surface area contributed by atoms with Gasteiger partial charge >= 0.3 is 0 Å². The molecule has 1 aliphatic rings. The number of aliphatic hydroxyl groups is 1. The number of hydrogen-bond donors (Lipinski definition) is 2. The molecular formula is C11H12N4OS. The van der Waals surface area contributed by atoms with Crippen LogP contribution in [0, 0.1) is 10.6 Å². The second-order valence-electron chi connectivity index (χ2n) is 4.19. The lowest BCUT2D eigenvalue weighted by Crippen LogP contribution is -2.07. The highest BCUT2D eigenvalue weighted by Crippen LogP contribution is 2.29. The molecule has 2 aromatic rings. The van der Waals surface area contributed by atoms with E-state index in [0.717, 1.165) is 17.6 Å². The third-order valence-corrected chi connectivity index (χ3v) is 3.42. The van der Waals surface area contributed by atoms with Gasteiger partial charge in [0.15, 0.2) is 4.64 Å². The Hall–Kier alpha value is -1.53. The number of aromatic nitrogens is 4. The fourth-order valence-corrected chi connectivity index (χ4v) is 2.42. The van der Waals surface area contributed by atoms with Crippen molar-refractivity contribution in [3.63, 3.8) is 0 Å². The molecule has 2 atom stereocenters. The third kappa shape index (κ3) is 1.69. The topological polar surface area (TPSA) is 66.7 Å². The number of imidazole rings is 1. The van der Waals surface area contributed by atoms with Crippen molar-refractivity contribution in [3.8, 4) is 0 Å². The molecule has 0 amide bonds. The van der Waals surface area contributed by atoms with Gasteiger partial charge in [0, 0.05) is 12.5 Å². The van der Waals surface area contributed by atoms with Gasteiger partial charge in [-0.05, 0) is 6.42 Å². The molecule has 5 nitrogen and oxygen atoms in total. The normalized spacial score (nSPS) is 23.6. The van der Waals surface area contributed by atoms with Gasteiger partial charge in [-0.3, -0.25) is 0 Å². The second-order valence-corrected chi connectivity index (χ2v) is 4.57. The Balaban J connectivity index is 2.05. The number of H-pyrrole nitrogens is 1. The molecule has 6 heteroatoms. The number of nitrogens with zero attached hydrogens (tertiary/aromatic N) is 3. The van der Waals surface area contributed by atoms with E-state index in [1.165, 1.54) is 0 Å². The van der Waals surface area contributed by atoms with Crippen LogP contribution in [0.3, 0.4) is 0 Å². The van der Waals surface area contributed by atoms with E-state index in [0.29, 0.717) is 4.64 Å². The molecule has 3 rings (SSSR count). The highest BCUT2D eigenvalue weighted by molar-refractivity contribution is 7.71. The Labute approximate surface area is 103 Å². The maximum Gasteiger partial charge on any atom is 0.157 e. The summed E-state index contributed by atoms with van der Waals surface area (Å²) in [7, 11) is 0. The maximum atomic E-state index is 9.13. The van der Waals surface area contributed by atoms with Crippen LogP contribution in [0.15, 0.2) is 24.8 Å². The Morgan fingerprint density at radius 1 is 1.47 bits per heavy atom. The van der Waals surface area contributed by atoms with Crippen molar-refractivity contribution < 1.29 is 5.11 Å². The van der Waals surface area contributed by atoms with Crippen LogP contribution in [-0.4, -0.2) is 31.2 Å². The molecule has 1 aliphatic carbocycles. The zero-order valence-electron chi connectivity index (χ0n) is 9.08. The minimum Gasteiger partial charge on any atom is -0.396 e. The van der Waals surface area contributed by atoms with Crippen LogP contribution in [-0.2, 0) is 0 Å². The van der Waals surface area contributed by atoms with Crippen molar-refractivity contribution in [3.05, 3.63) is 29.4 Å². The van der Waals surface area contributed by atoms with Crippen molar-refractivity contribution >= 4 is 23.4 Å². The average Bonchev–Trinajstić information content (AvgIpc) is 2.94. The molecule has 2 N–H and O–H groups in total. The lowest BCUT2D eigenvalue weighted by atomic mass is 10.1. The molecule has 0 fully saturated rings. The molecule has 0 aromatic carbocycles. The van der Waals surface area contributed by atoms with Gasteiger partial charge in [0.05, 0.1) is 18.7 Å². The maximum absolute atomic E-state index is 9.13. The first-order valence-corrected chi connectivity index (χ1v) is 5.90. The number of fused-ring (bicyclic) bond motifs is 1. The van der Waals surface area contributed by atoms with Crippen LogP contribution in [0.5, 0.6) is 0 Å². The lowest BCUT2D eigenvalue weighted by molar-refractivity contribution is 0.244. The zero-order chi connectivity index (χ0) is 11.8. The van der Waals surface area contributed by atoms with E-state index >= 15 is 0 Å². The molecule has 17 heavy (non-hydrogen) atoms. The highest BCUT2D eigenvalue weighted by atomic mass is 32.1. The average molecular weight is 248 g/mol. The van der Waals surface area contributed by atoms with E-state index in [-0.39, 0.29) is 18.6 Å². The monoisotopic (exact) mass is 248 g/mol. The predicted molar refractivity (Wildman–Crippen MR) is 66.1 cm³/mol. The van der Waals surface area contributed by atoms with Crippen molar-refractivity contribution in [2.24, 2.45) is 5.92 Å². The second kappa shape index (κ2) is 4.05. The van der Waals surface area contributed by atoms with Crippen LogP contribution in [0.1, 0.15) is 12.5 Å². The fraction of sp³-hybridized carbons (Fsp3) is 0.364. The summed E-state index contributed by atoms with van der Waals surface area (Å²) in [5, 5.41) is 9.13. The first kappa shape index (κ1) is 10.6. The standard InChI is InChI=1S/C11H12N4OS/c16-4-7-1-2-8(3-7)15-6-14-9-10(15)12-5-13-11(9)17/h1-2,5-8,16H,3-4H2,(H,12,13,17)/t7-,8+/m1/s1. The van der Waals surface area contributed by atoms with Crippen LogP contribution in [0.4, 0.5) is 0 Å². The van der Waals surface area contributed by atoms with Gasteiger partial charge in [-0.2, -0.15) is 0 Å². The summed E-state index contributed by atoms with van der Waals surface area (Å²) < 4.78 is 2.55. The van der Waals surface area contributed by atoms with Crippen molar-refractivity contribution in [2.75, 3.05) is 6.61 Å². The predicted octanol–water partition coefficient (Wildman–Crippen LogP) is 1.60. The van der Waals surface area contributed by atoms with E-state index in [1.807, 2.05) is 10.6 Å². The number of nitrogens with one attached hydrogen (secondary N) is 1.